The smallest absolute Gasteiger partial charge is 0.303 e. The Kier molecular flexibility index (Phi) is 9.32. The molecule has 3 rings (SSSR count). The molecule has 3 aromatic carbocycles. The van der Waals surface area contributed by atoms with Crippen LogP contribution in [0.3, 0.4) is 0 Å². The van der Waals surface area contributed by atoms with Crippen molar-refractivity contribution in [1.29, 1.82) is 0 Å². The van der Waals surface area contributed by atoms with E-state index in [1.165, 1.54) is 0 Å². The molecular formula is C29H31NO5. The summed E-state index contributed by atoms with van der Waals surface area (Å²) in [6.07, 6.45) is 0.494. The molecule has 0 unspecified atom stereocenters. The van der Waals surface area contributed by atoms with E-state index < -0.39 is 5.97 Å². The molecule has 0 radical (unpaired) electrons. The number of hydrogen-bond acceptors (Lipinski definition) is 4. The number of Topliss-reactive ketones (excluding diaryl/α,β-unsaturated/α-hetero) is 1. The lowest BCUT2D eigenvalue weighted by Crippen LogP contribution is -2.28. The fourth-order valence-corrected chi connectivity index (χ4v) is 4.09. The van der Waals surface area contributed by atoms with Gasteiger partial charge in [0, 0.05) is 30.7 Å². The molecule has 0 spiro atoms. The van der Waals surface area contributed by atoms with Crippen molar-refractivity contribution in [2.45, 2.75) is 33.1 Å². The molecule has 35 heavy (non-hydrogen) atoms. The minimum absolute atomic E-state index is 0.0276. The normalized spacial score (nSPS) is 10.7. The van der Waals surface area contributed by atoms with E-state index in [-0.39, 0.29) is 24.5 Å². The molecule has 2 N–H and O–H groups in total. The molecule has 0 bridgehead atoms. The van der Waals surface area contributed by atoms with Crippen molar-refractivity contribution < 1.29 is 24.2 Å². The first-order valence-corrected chi connectivity index (χ1v) is 11.9. The zero-order valence-corrected chi connectivity index (χ0v) is 20.2. The average Bonchev–Trinajstić information content (AvgIpc) is 2.89. The Morgan fingerprint density at radius 2 is 1.57 bits per heavy atom. The third-order valence-electron chi connectivity index (χ3n) is 5.79. The highest BCUT2D eigenvalue weighted by Crippen LogP contribution is 2.36. The van der Waals surface area contributed by atoms with Gasteiger partial charge in [-0.25, -0.2) is 0 Å². The highest BCUT2D eigenvalue weighted by molar-refractivity contribution is 6.03. The van der Waals surface area contributed by atoms with Gasteiger partial charge in [-0.1, -0.05) is 67.6 Å². The maximum absolute atomic E-state index is 13.1. The van der Waals surface area contributed by atoms with Crippen LogP contribution >= 0.6 is 0 Å². The number of hydrogen-bond donors (Lipinski definition) is 2. The van der Waals surface area contributed by atoms with Crippen molar-refractivity contribution in [2.75, 3.05) is 19.8 Å². The summed E-state index contributed by atoms with van der Waals surface area (Å²) < 4.78 is 5.34. The molecule has 0 saturated heterocycles. The summed E-state index contributed by atoms with van der Waals surface area (Å²) in [5.41, 5.74) is 5.90. The molecule has 0 aliphatic heterocycles. The first-order chi connectivity index (χ1) is 17.0. The van der Waals surface area contributed by atoms with Crippen LogP contribution in [0.1, 0.15) is 53.0 Å². The van der Waals surface area contributed by atoms with Crippen LogP contribution < -0.4 is 5.32 Å². The van der Waals surface area contributed by atoms with Crippen LogP contribution in [0, 0.1) is 0 Å². The highest BCUT2D eigenvalue weighted by Gasteiger charge is 2.19. The first-order valence-electron chi connectivity index (χ1n) is 11.9. The molecule has 3 aromatic rings. The fraction of sp³-hybridized carbons (Fsp3) is 0.276. The second-order valence-electron chi connectivity index (χ2n) is 8.08. The van der Waals surface area contributed by atoms with Crippen molar-refractivity contribution in [2.24, 2.45) is 0 Å². The van der Waals surface area contributed by atoms with Gasteiger partial charge in [0.15, 0.2) is 5.78 Å². The third-order valence-corrected chi connectivity index (χ3v) is 5.79. The van der Waals surface area contributed by atoms with Crippen molar-refractivity contribution >= 4 is 17.7 Å². The van der Waals surface area contributed by atoms with E-state index in [9.17, 15) is 14.4 Å². The van der Waals surface area contributed by atoms with E-state index in [0.717, 1.165) is 27.8 Å². The maximum atomic E-state index is 13.1. The molecule has 0 atom stereocenters. The Morgan fingerprint density at radius 1 is 0.857 bits per heavy atom. The van der Waals surface area contributed by atoms with Crippen LogP contribution in [0.4, 0.5) is 0 Å². The Labute approximate surface area is 206 Å². The number of carbonyl (C=O) groups excluding carboxylic acids is 2. The largest absolute Gasteiger partial charge is 0.481 e. The standard InChI is InChI=1S/C29H31NO5/c1-3-23-24(20-10-12-21(13-11-20)26(31)16-17-27(32)33)14-15-25(29(34)30-18-19-35-4-2)28(23)22-8-6-5-7-9-22/h5-15H,3-4,16-19H2,1-2H3,(H,30,34)(H,32,33). The van der Waals surface area contributed by atoms with Crippen LogP contribution in [0.5, 0.6) is 0 Å². The van der Waals surface area contributed by atoms with Gasteiger partial charge in [-0.3, -0.25) is 14.4 Å². The summed E-state index contributed by atoms with van der Waals surface area (Å²) in [5.74, 6) is -1.33. The number of aliphatic carboxylic acids is 1. The van der Waals surface area contributed by atoms with Gasteiger partial charge in [0.05, 0.1) is 13.0 Å². The van der Waals surface area contributed by atoms with Crippen LogP contribution in [-0.2, 0) is 16.0 Å². The highest BCUT2D eigenvalue weighted by atomic mass is 16.5. The summed E-state index contributed by atoms with van der Waals surface area (Å²) >= 11 is 0. The van der Waals surface area contributed by atoms with E-state index >= 15 is 0 Å². The fourth-order valence-electron chi connectivity index (χ4n) is 4.09. The number of carboxylic acid groups (broad SMARTS) is 1. The molecule has 0 aromatic heterocycles. The van der Waals surface area contributed by atoms with E-state index in [2.05, 4.69) is 12.2 Å². The van der Waals surface area contributed by atoms with Crippen LogP contribution in [0.15, 0.2) is 66.7 Å². The second-order valence-corrected chi connectivity index (χ2v) is 8.08. The Morgan fingerprint density at radius 3 is 2.20 bits per heavy atom. The molecule has 0 aliphatic rings. The van der Waals surface area contributed by atoms with Crippen molar-refractivity contribution in [3.8, 4) is 22.3 Å². The van der Waals surface area contributed by atoms with Crippen LogP contribution in [0.25, 0.3) is 22.3 Å². The minimum atomic E-state index is -0.988. The van der Waals surface area contributed by atoms with Gasteiger partial charge in [-0.05, 0) is 47.2 Å². The van der Waals surface area contributed by atoms with Crippen LogP contribution in [-0.4, -0.2) is 42.5 Å². The Bertz CT molecular complexity index is 1170. The second kappa shape index (κ2) is 12.6. The van der Waals surface area contributed by atoms with Gasteiger partial charge < -0.3 is 15.2 Å². The zero-order valence-electron chi connectivity index (χ0n) is 20.2. The van der Waals surface area contributed by atoms with Gasteiger partial charge in [0.25, 0.3) is 5.91 Å². The number of carboxylic acids is 1. The molecule has 1 amide bonds. The number of amides is 1. The lowest BCUT2D eigenvalue weighted by Gasteiger charge is -2.19. The summed E-state index contributed by atoms with van der Waals surface area (Å²) in [6, 6.07) is 20.9. The monoisotopic (exact) mass is 473 g/mol. The SMILES string of the molecule is CCOCCNC(=O)c1ccc(-c2ccc(C(=O)CCC(=O)O)cc2)c(CC)c1-c1ccccc1. The van der Waals surface area contributed by atoms with Gasteiger partial charge in [0.1, 0.15) is 0 Å². The van der Waals surface area contributed by atoms with E-state index in [1.807, 2.05) is 61.5 Å². The summed E-state index contributed by atoms with van der Waals surface area (Å²) in [6.45, 7) is 5.47. The number of rotatable bonds is 12. The predicted molar refractivity (Wildman–Crippen MR) is 137 cm³/mol. The van der Waals surface area contributed by atoms with Gasteiger partial charge >= 0.3 is 5.97 Å². The number of ether oxygens (including phenoxy) is 1. The average molecular weight is 474 g/mol. The molecule has 6 nitrogen and oxygen atoms in total. The van der Waals surface area contributed by atoms with Crippen molar-refractivity contribution in [3.63, 3.8) is 0 Å². The number of nitrogens with one attached hydrogen (secondary N) is 1. The third kappa shape index (κ3) is 6.64. The predicted octanol–water partition coefficient (Wildman–Crippen LogP) is 5.40. The van der Waals surface area contributed by atoms with E-state index in [4.69, 9.17) is 9.84 Å². The molecular weight excluding hydrogens is 442 g/mol. The van der Waals surface area contributed by atoms with E-state index in [0.29, 0.717) is 37.3 Å². The maximum Gasteiger partial charge on any atom is 0.303 e. The van der Waals surface area contributed by atoms with Gasteiger partial charge in [-0.15, -0.1) is 0 Å². The quantitative estimate of drug-likeness (QED) is 0.272. The van der Waals surface area contributed by atoms with Crippen LogP contribution in [0.2, 0.25) is 0 Å². The summed E-state index contributed by atoms with van der Waals surface area (Å²) in [7, 11) is 0. The number of ketones is 1. The summed E-state index contributed by atoms with van der Waals surface area (Å²) in [4.78, 5) is 36.2. The lowest BCUT2D eigenvalue weighted by molar-refractivity contribution is -0.136. The lowest BCUT2D eigenvalue weighted by atomic mass is 9.86. The van der Waals surface area contributed by atoms with Gasteiger partial charge in [-0.2, -0.15) is 0 Å². The molecule has 6 heteroatoms. The van der Waals surface area contributed by atoms with E-state index in [1.54, 1.807) is 12.1 Å². The number of benzene rings is 3. The molecule has 0 aliphatic carbocycles. The Hall–Kier alpha value is -3.77. The first kappa shape index (κ1) is 25.8. The summed E-state index contributed by atoms with van der Waals surface area (Å²) in [5, 5.41) is 11.8. The van der Waals surface area contributed by atoms with Gasteiger partial charge in [0.2, 0.25) is 0 Å². The zero-order chi connectivity index (χ0) is 25.2. The molecule has 182 valence electrons. The topological polar surface area (TPSA) is 92.7 Å². The molecule has 0 saturated carbocycles. The minimum Gasteiger partial charge on any atom is -0.481 e. The molecule has 0 fully saturated rings. The van der Waals surface area contributed by atoms with Crippen molar-refractivity contribution in [3.05, 3.63) is 83.4 Å². The number of carbonyl (C=O) groups is 3. The molecule has 0 heterocycles. The Balaban J connectivity index is 2.00. The van der Waals surface area contributed by atoms with Crippen molar-refractivity contribution in [1.82, 2.24) is 5.32 Å².